The van der Waals surface area contributed by atoms with Crippen LogP contribution in [0.25, 0.3) is 10.9 Å². The predicted octanol–water partition coefficient (Wildman–Crippen LogP) is 4.63. The van der Waals surface area contributed by atoms with Crippen molar-refractivity contribution in [3.8, 4) is 11.5 Å². The van der Waals surface area contributed by atoms with Crippen LogP contribution in [0.3, 0.4) is 0 Å². The predicted molar refractivity (Wildman–Crippen MR) is 127 cm³/mol. The molecule has 1 atom stereocenters. The molecule has 37 heavy (non-hydrogen) atoms. The van der Waals surface area contributed by atoms with Gasteiger partial charge < -0.3 is 24.5 Å². The molecule has 0 saturated carbocycles. The van der Waals surface area contributed by atoms with Crippen molar-refractivity contribution >= 4 is 23.3 Å². The van der Waals surface area contributed by atoms with Crippen LogP contribution in [0, 0.1) is 0 Å². The summed E-state index contributed by atoms with van der Waals surface area (Å²) in [6.45, 7) is 0.0366. The number of hydrogen-bond acceptors (Lipinski definition) is 5. The van der Waals surface area contributed by atoms with Gasteiger partial charge in [-0.25, -0.2) is 0 Å². The SMILES string of the molecule is Cn1c(C(=O)N[C@]2(c3ccc(OC(F)(F)F)cc3)CCOc3cccnc32)cc2ccccc21.O=CO. The van der Waals surface area contributed by atoms with Gasteiger partial charge in [0, 0.05) is 30.6 Å². The summed E-state index contributed by atoms with van der Waals surface area (Å²) in [5, 5.41) is 10.9. The van der Waals surface area contributed by atoms with Gasteiger partial charge in [-0.2, -0.15) is 0 Å². The summed E-state index contributed by atoms with van der Waals surface area (Å²) in [4.78, 5) is 26.4. The van der Waals surface area contributed by atoms with Crippen molar-refractivity contribution in [1.82, 2.24) is 14.9 Å². The first-order chi connectivity index (χ1) is 17.7. The molecule has 0 fully saturated rings. The third-order valence-electron chi connectivity index (χ3n) is 6.00. The second-order valence-electron chi connectivity index (χ2n) is 8.13. The van der Waals surface area contributed by atoms with E-state index in [4.69, 9.17) is 14.6 Å². The normalized spacial score (nSPS) is 16.5. The topological polar surface area (TPSA) is 103 Å². The number of nitrogens with zero attached hydrogens (tertiary/aromatic N) is 2. The highest BCUT2D eigenvalue weighted by atomic mass is 19.4. The maximum absolute atomic E-state index is 13.6. The second kappa shape index (κ2) is 10.2. The highest BCUT2D eigenvalue weighted by Gasteiger charge is 2.43. The molecule has 1 aliphatic heterocycles. The van der Waals surface area contributed by atoms with E-state index in [0.717, 1.165) is 10.9 Å². The van der Waals surface area contributed by atoms with Crippen LogP contribution in [-0.4, -0.2) is 40.0 Å². The quantitative estimate of drug-likeness (QED) is 0.386. The maximum atomic E-state index is 13.6. The molecule has 2 aromatic carbocycles. The van der Waals surface area contributed by atoms with E-state index < -0.39 is 11.9 Å². The largest absolute Gasteiger partial charge is 0.573 e. The smallest absolute Gasteiger partial charge is 0.491 e. The van der Waals surface area contributed by atoms with Crippen LogP contribution in [0.4, 0.5) is 13.2 Å². The Morgan fingerprint density at radius 1 is 1.16 bits per heavy atom. The van der Waals surface area contributed by atoms with Gasteiger partial charge in [-0.05, 0) is 42.0 Å². The first-order valence-corrected chi connectivity index (χ1v) is 11.1. The van der Waals surface area contributed by atoms with Crippen LogP contribution >= 0.6 is 0 Å². The minimum Gasteiger partial charge on any atom is -0.491 e. The monoisotopic (exact) mass is 513 g/mol. The van der Waals surface area contributed by atoms with E-state index in [0.29, 0.717) is 29.1 Å². The van der Waals surface area contributed by atoms with Gasteiger partial charge in [-0.15, -0.1) is 13.2 Å². The van der Waals surface area contributed by atoms with Crippen molar-refractivity contribution in [2.75, 3.05) is 6.61 Å². The van der Waals surface area contributed by atoms with Gasteiger partial charge in [0.05, 0.1) is 6.61 Å². The lowest BCUT2D eigenvalue weighted by molar-refractivity contribution is -0.274. The average molecular weight is 513 g/mol. The molecule has 8 nitrogen and oxygen atoms in total. The number of para-hydroxylation sites is 1. The molecule has 0 aliphatic carbocycles. The van der Waals surface area contributed by atoms with E-state index in [2.05, 4.69) is 15.0 Å². The highest BCUT2D eigenvalue weighted by Crippen LogP contribution is 2.41. The minimum atomic E-state index is -4.80. The van der Waals surface area contributed by atoms with Gasteiger partial charge in [-0.3, -0.25) is 14.6 Å². The van der Waals surface area contributed by atoms with E-state index in [1.54, 1.807) is 29.0 Å². The fraction of sp³-hybridized carbons (Fsp3) is 0.192. The van der Waals surface area contributed by atoms with E-state index in [-0.39, 0.29) is 24.7 Å². The zero-order chi connectivity index (χ0) is 26.6. The van der Waals surface area contributed by atoms with Gasteiger partial charge in [0.15, 0.2) is 0 Å². The lowest BCUT2D eigenvalue weighted by Crippen LogP contribution is -2.50. The molecule has 3 heterocycles. The zero-order valence-electron chi connectivity index (χ0n) is 19.5. The number of amides is 1. The van der Waals surface area contributed by atoms with Crippen LogP contribution in [0.2, 0.25) is 0 Å². The molecule has 1 amide bonds. The fourth-order valence-electron chi connectivity index (χ4n) is 4.44. The van der Waals surface area contributed by atoms with Gasteiger partial charge in [0.1, 0.15) is 28.4 Å². The van der Waals surface area contributed by atoms with Gasteiger partial charge in [0.2, 0.25) is 0 Å². The number of carbonyl (C=O) groups excluding carboxylic acids is 1. The number of carboxylic acid groups (broad SMARTS) is 1. The molecule has 192 valence electrons. The molecular weight excluding hydrogens is 491 g/mol. The molecule has 2 aromatic heterocycles. The van der Waals surface area contributed by atoms with Crippen LogP contribution < -0.4 is 14.8 Å². The van der Waals surface area contributed by atoms with Crippen molar-refractivity contribution in [1.29, 1.82) is 0 Å². The molecular formula is C26H22F3N3O5. The number of aryl methyl sites for hydroxylation is 1. The van der Waals surface area contributed by atoms with Crippen LogP contribution in [-0.2, 0) is 17.4 Å². The summed E-state index contributed by atoms with van der Waals surface area (Å²) in [6, 6.07) is 18.4. The number of aromatic nitrogens is 2. The molecule has 0 radical (unpaired) electrons. The highest BCUT2D eigenvalue weighted by molar-refractivity contribution is 5.99. The fourth-order valence-corrected chi connectivity index (χ4v) is 4.44. The minimum absolute atomic E-state index is 0.250. The Kier molecular flexibility index (Phi) is 7.05. The van der Waals surface area contributed by atoms with Gasteiger partial charge >= 0.3 is 6.36 Å². The van der Waals surface area contributed by atoms with Gasteiger partial charge in [-0.1, -0.05) is 30.3 Å². The Hall–Kier alpha value is -4.54. The first kappa shape index (κ1) is 25.5. The number of ether oxygens (including phenoxy) is 2. The van der Waals surface area contributed by atoms with Crippen LogP contribution in [0.1, 0.15) is 28.2 Å². The van der Waals surface area contributed by atoms with E-state index in [9.17, 15) is 18.0 Å². The molecule has 0 unspecified atom stereocenters. The molecule has 0 spiro atoms. The summed E-state index contributed by atoms with van der Waals surface area (Å²) in [6.07, 6.45) is -2.87. The van der Waals surface area contributed by atoms with E-state index in [1.807, 2.05) is 31.3 Å². The number of carbonyl (C=O) groups is 2. The third kappa shape index (κ3) is 5.20. The van der Waals surface area contributed by atoms with Crippen molar-refractivity contribution in [2.45, 2.75) is 18.3 Å². The number of pyridine rings is 1. The van der Waals surface area contributed by atoms with Crippen molar-refractivity contribution in [2.24, 2.45) is 7.05 Å². The van der Waals surface area contributed by atoms with Crippen LogP contribution in [0.5, 0.6) is 11.5 Å². The summed E-state index contributed by atoms with van der Waals surface area (Å²) in [5.74, 6) is -0.186. The summed E-state index contributed by atoms with van der Waals surface area (Å²) in [7, 11) is 1.81. The number of benzene rings is 2. The molecule has 4 aromatic rings. The second-order valence-corrected chi connectivity index (χ2v) is 8.13. The van der Waals surface area contributed by atoms with E-state index >= 15 is 0 Å². The molecule has 2 N–H and O–H groups in total. The lowest BCUT2D eigenvalue weighted by Gasteiger charge is -2.39. The van der Waals surface area contributed by atoms with Crippen molar-refractivity contribution in [3.63, 3.8) is 0 Å². The number of rotatable bonds is 4. The Morgan fingerprint density at radius 3 is 2.54 bits per heavy atom. The summed E-state index contributed by atoms with van der Waals surface area (Å²) < 4.78 is 49.5. The standard InChI is InChI=1S/C25H20F3N3O3.CH2O2/c1-31-19-6-3-2-5-16(19)15-20(31)23(32)30-24(12-14-33-21-7-4-13-29-22(21)24)17-8-10-18(11-9-17)34-25(26,27)28;2-1-3/h2-11,13,15H,12,14H2,1H3,(H,30,32);1H,(H,2,3)/t24-;/m0./s1. The maximum Gasteiger partial charge on any atom is 0.573 e. The third-order valence-corrected chi connectivity index (χ3v) is 6.00. The average Bonchev–Trinajstić information content (AvgIpc) is 3.21. The first-order valence-electron chi connectivity index (χ1n) is 11.1. The summed E-state index contributed by atoms with van der Waals surface area (Å²) in [5.41, 5.74) is 1.29. The Balaban J connectivity index is 0.00000102. The molecule has 1 aliphatic rings. The van der Waals surface area contributed by atoms with E-state index in [1.165, 1.54) is 24.3 Å². The Bertz CT molecular complexity index is 1420. The van der Waals surface area contributed by atoms with Crippen molar-refractivity contribution in [3.05, 3.63) is 89.9 Å². The molecule has 0 saturated heterocycles. The van der Waals surface area contributed by atoms with Crippen molar-refractivity contribution < 1.29 is 37.3 Å². The molecule has 5 rings (SSSR count). The summed E-state index contributed by atoms with van der Waals surface area (Å²) >= 11 is 0. The Morgan fingerprint density at radius 2 is 1.86 bits per heavy atom. The van der Waals surface area contributed by atoms with Crippen LogP contribution in [0.15, 0.2) is 72.9 Å². The zero-order valence-corrected chi connectivity index (χ0v) is 19.5. The number of fused-ring (bicyclic) bond motifs is 2. The number of halogens is 3. The molecule has 0 bridgehead atoms. The lowest BCUT2D eigenvalue weighted by atomic mass is 9.81. The number of hydrogen-bond donors (Lipinski definition) is 2. The molecule has 11 heteroatoms. The number of alkyl halides is 3. The van der Waals surface area contributed by atoms with Gasteiger partial charge in [0.25, 0.3) is 12.4 Å². The Labute approximate surface area is 209 Å². The number of nitrogens with one attached hydrogen (secondary N) is 1.